The zero-order chi connectivity index (χ0) is 14.9. The van der Waals surface area contributed by atoms with E-state index in [9.17, 15) is 0 Å². The average Bonchev–Trinajstić information content (AvgIpc) is 3.00. The average molecular weight is 346 g/mol. The van der Waals surface area contributed by atoms with Gasteiger partial charge in [0.1, 0.15) is 17.0 Å². The topological polar surface area (TPSA) is 29.0 Å². The standard InChI is InChI=1S/C18H19N3S.ClH/c1-13-6-5-9-21(11-13)17-15-10-16(14-7-3-2-4-8-14)22-18(15)20-12-19-17;/h2-4,7-8,10,12-13H,5-6,9,11H2,1H3;1H. The maximum absolute atomic E-state index is 4.59. The SMILES string of the molecule is CC1CCCN(c2ncnc3sc(-c4ccccc4)cc23)C1.Cl. The Hall–Kier alpha value is -1.65. The number of anilines is 1. The lowest BCUT2D eigenvalue weighted by atomic mass is 10.0. The van der Waals surface area contributed by atoms with Crippen LogP contribution in [0.3, 0.4) is 0 Å². The summed E-state index contributed by atoms with van der Waals surface area (Å²) in [5.41, 5.74) is 1.25. The van der Waals surface area contributed by atoms with Gasteiger partial charge in [0.05, 0.1) is 5.39 Å². The third-order valence-corrected chi connectivity index (χ3v) is 5.42. The maximum atomic E-state index is 4.59. The van der Waals surface area contributed by atoms with E-state index >= 15 is 0 Å². The number of piperidine rings is 1. The van der Waals surface area contributed by atoms with Gasteiger partial charge in [0, 0.05) is 18.0 Å². The third-order valence-electron chi connectivity index (χ3n) is 4.32. The molecule has 3 aromatic rings. The van der Waals surface area contributed by atoms with E-state index in [1.54, 1.807) is 17.7 Å². The van der Waals surface area contributed by atoms with Crippen molar-refractivity contribution in [3.8, 4) is 10.4 Å². The molecule has 1 saturated heterocycles. The molecule has 0 amide bonds. The van der Waals surface area contributed by atoms with Gasteiger partial charge in [-0.1, -0.05) is 37.3 Å². The summed E-state index contributed by atoms with van der Waals surface area (Å²) < 4.78 is 0. The Bertz CT molecular complexity index is 787. The molecule has 2 aromatic heterocycles. The number of thiophene rings is 1. The van der Waals surface area contributed by atoms with Crippen LogP contribution in [0.25, 0.3) is 20.7 Å². The lowest BCUT2D eigenvalue weighted by Gasteiger charge is -2.32. The first kappa shape index (κ1) is 16.2. The number of benzene rings is 1. The fourth-order valence-electron chi connectivity index (χ4n) is 3.22. The van der Waals surface area contributed by atoms with Gasteiger partial charge in [-0.05, 0) is 30.4 Å². The smallest absolute Gasteiger partial charge is 0.140 e. The lowest BCUT2D eigenvalue weighted by Crippen LogP contribution is -2.34. The van der Waals surface area contributed by atoms with E-state index in [2.05, 4.69) is 58.2 Å². The minimum atomic E-state index is 0. The Labute approximate surface area is 146 Å². The van der Waals surface area contributed by atoms with Gasteiger partial charge in [-0.3, -0.25) is 0 Å². The minimum Gasteiger partial charge on any atom is -0.356 e. The maximum Gasteiger partial charge on any atom is 0.140 e. The Morgan fingerprint density at radius 3 is 2.78 bits per heavy atom. The number of fused-ring (bicyclic) bond motifs is 1. The van der Waals surface area contributed by atoms with Crippen molar-refractivity contribution in [3.63, 3.8) is 0 Å². The molecule has 0 radical (unpaired) electrons. The molecule has 5 heteroatoms. The summed E-state index contributed by atoms with van der Waals surface area (Å²) in [5.74, 6) is 1.85. The van der Waals surface area contributed by atoms with E-state index in [-0.39, 0.29) is 12.4 Å². The highest BCUT2D eigenvalue weighted by atomic mass is 35.5. The van der Waals surface area contributed by atoms with Gasteiger partial charge in [0.15, 0.2) is 0 Å². The van der Waals surface area contributed by atoms with Gasteiger partial charge < -0.3 is 4.90 Å². The normalized spacial score (nSPS) is 18.0. The van der Waals surface area contributed by atoms with Crippen LogP contribution in [0.1, 0.15) is 19.8 Å². The molecule has 1 aliphatic rings. The molecule has 0 spiro atoms. The fourth-order valence-corrected chi connectivity index (χ4v) is 4.22. The van der Waals surface area contributed by atoms with Gasteiger partial charge in [0.25, 0.3) is 0 Å². The molecule has 0 aliphatic carbocycles. The van der Waals surface area contributed by atoms with E-state index in [1.165, 1.54) is 28.7 Å². The summed E-state index contributed by atoms with van der Waals surface area (Å²) in [6.45, 7) is 4.53. The van der Waals surface area contributed by atoms with Crippen LogP contribution in [0.2, 0.25) is 0 Å². The quantitative estimate of drug-likeness (QED) is 0.653. The predicted molar refractivity (Wildman–Crippen MR) is 101 cm³/mol. The second kappa shape index (κ2) is 6.85. The van der Waals surface area contributed by atoms with Gasteiger partial charge in [-0.15, -0.1) is 23.7 Å². The third kappa shape index (κ3) is 3.19. The van der Waals surface area contributed by atoms with Crippen molar-refractivity contribution in [1.29, 1.82) is 0 Å². The summed E-state index contributed by atoms with van der Waals surface area (Å²) in [6.07, 6.45) is 4.29. The highest BCUT2D eigenvalue weighted by Crippen LogP contribution is 2.36. The molecule has 120 valence electrons. The van der Waals surface area contributed by atoms with Crippen molar-refractivity contribution in [3.05, 3.63) is 42.7 Å². The molecule has 0 N–H and O–H groups in total. The molecule has 1 aliphatic heterocycles. The molecule has 4 rings (SSSR count). The molecular formula is C18H20ClN3S. The first-order valence-electron chi connectivity index (χ1n) is 7.86. The highest BCUT2D eigenvalue weighted by molar-refractivity contribution is 7.21. The first-order chi connectivity index (χ1) is 10.8. The second-order valence-corrected chi connectivity index (χ2v) is 7.12. The van der Waals surface area contributed by atoms with E-state index in [0.717, 1.165) is 29.7 Å². The number of hydrogen-bond acceptors (Lipinski definition) is 4. The van der Waals surface area contributed by atoms with Crippen LogP contribution in [-0.4, -0.2) is 23.1 Å². The number of halogens is 1. The highest BCUT2D eigenvalue weighted by Gasteiger charge is 2.20. The molecule has 23 heavy (non-hydrogen) atoms. The number of hydrogen-bond donors (Lipinski definition) is 0. The molecule has 3 heterocycles. The van der Waals surface area contributed by atoms with Gasteiger partial charge in [-0.2, -0.15) is 0 Å². The van der Waals surface area contributed by atoms with Crippen molar-refractivity contribution in [2.45, 2.75) is 19.8 Å². The van der Waals surface area contributed by atoms with Crippen LogP contribution in [-0.2, 0) is 0 Å². The Morgan fingerprint density at radius 1 is 1.17 bits per heavy atom. The Morgan fingerprint density at radius 2 is 2.00 bits per heavy atom. The van der Waals surface area contributed by atoms with Crippen LogP contribution in [0.5, 0.6) is 0 Å². The van der Waals surface area contributed by atoms with Crippen LogP contribution in [0, 0.1) is 5.92 Å². The molecule has 1 atom stereocenters. The van der Waals surface area contributed by atoms with E-state index < -0.39 is 0 Å². The summed E-state index contributed by atoms with van der Waals surface area (Å²) in [7, 11) is 0. The van der Waals surface area contributed by atoms with Gasteiger partial charge >= 0.3 is 0 Å². The minimum absolute atomic E-state index is 0. The molecule has 0 saturated carbocycles. The summed E-state index contributed by atoms with van der Waals surface area (Å²) in [5, 5.41) is 1.19. The second-order valence-electron chi connectivity index (χ2n) is 6.09. The Kier molecular flexibility index (Phi) is 4.83. The summed E-state index contributed by atoms with van der Waals surface area (Å²) in [4.78, 5) is 13.9. The molecular weight excluding hydrogens is 326 g/mol. The van der Waals surface area contributed by atoms with Crippen molar-refractivity contribution >= 4 is 39.8 Å². The fraction of sp³-hybridized carbons (Fsp3) is 0.333. The molecule has 1 aromatic carbocycles. The van der Waals surface area contributed by atoms with Crippen molar-refractivity contribution in [2.75, 3.05) is 18.0 Å². The van der Waals surface area contributed by atoms with E-state index in [4.69, 9.17) is 0 Å². The molecule has 3 nitrogen and oxygen atoms in total. The summed E-state index contributed by atoms with van der Waals surface area (Å²) in [6, 6.07) is 12.8. The van der Waals surface area contributed by atoms with Crippen LogP contribution in [0.15, 0.2) is 42.7 Å². The van der Waals surface area contributed by atoms with Gasteiger partial charge in [0.2, 0.25) is 0 Å². The monoisotopic (exact) mass is 345 g/mol. The number of nitrogens with zero attached hydrogens (tertiary/aromatic N) is 3. The largest absolute Gasteiger partial charge is 0.356 e. The molecule has 1 fully saturated rings. The van der Waals surface area contributed by atoms with Gasteiger partial charge in [-0.25, -0.2) is 9.97 Å². The number of rotatable bonds is 2. The van der Waals surface area contributed by atoms with E-state index in [0.29, 0.717) is 0 Å². The zero-order valence-electron chi connectivity index (χ0n) is 13.1. The predicted octanol–water partition coefficient (Wildman–Crippen LogP) is 5.02. The molecule has 1 unspecified atom stereocenters. The van der Waals surface area contributed by atoms with Crippen LogP contribution < -0.4 is 4.90 Å². The van der Waals surface area contributed by atoms with Crippen molar-refractivity contribution in [2.24, 2.45) is 5.92 Å². The molecule has 0 bridgehead atoms. The van der Waals surface area contributed by atoms with Crippen molar-refractivity contribution < 1.29 is 0 Å². The summed E-state index contributed by atoms with van der Waals surface area (Å²) >= 11 is 1.75. The first-order valence-corrected chi connectivity index (χ1v) is 8.68. The number of aromatic nitrogens is 2. The van der Waals surface area contributed by atoms with Crippen molar-refractivity contribution in [1.82, 2.24) is 9.97 Å². The Balaban J connectivity index is 0.00000156. The lowest BCUT2D eigenvalue weighted by molar-refractivity contribution is 0.445. The van der Waals surface area contributed by atoms with Crippen LogP contribution >= 0.6 is 23.7 Å². The van der Waals surface area contributed by atoms with E-state index in [1.807, 2.05) is 0 Å². The zero-order valence-corrected chi connectivity index (χ0v) is 14.7. The van der Waals surface area contributed by atoms with Crippen LogP contribution in [0.4, 0.5) is 5.82 Å².